The summed E-state index contributed by atoms with van der Waals surface area (Å²) in [5.41, 5.74) is 1.14. The minimum absolute atomic E-state index is 0.249. The van der Waals surface area contributed by atoms with Crippen LogP contribution < -0.4 is 0 Å². The van der Waals surface area contributed by atoms with Crippen molar-refractivity contribution in [2.45, 2.75) is 39.5 Å². The van der Waals surface area contributed by atoms with E-state index in [0.29, 0.717) is 32.0 Å². The second-order valence-corrected chi connectivity index (χ2v) is 5.39. The number of esters is 2. The van der Waals surface area contributed by atoms with Crippen molar-refractivity contribution in [2.24, 2.45) is 5.92 Å². The van der Waals surface area contributed by atoms with Crippen LogP contribution in [0.1, 0.15) is 38.7 Å². The third kappa shape index (κ3) is 8.84. The molecule has 21 heavy (non-hydrogen) atoms. The highest BCUT2D eigenvalue weighted by Crippen LogP contribution is 2.03. The smallest absolute Gasteiger partial charge is 0.305 e. The molecule has 0 aromatic heterocycles. The van der Waals surface area contributed by atoms with Crippen molar-refractivity contribution in [1.82, 2.24) is 0 Å². The maximum absolute atomic E-state index is 11.5. The van der Waals surface area contributed by atoms with E-state index in [2.05, 4.69) is 0 Å². The summed E-state index contributed by atoms with van der Waals surface area (Å²) in [5, 5.41) is 0. The van der Waals surface area contributed by atoms with E-state index >= 15 is 0 Å². The van der Waals surface area contributed by atoms with Crippen LogP contribution in [0.2, 0.25) is 0 Å². The fourth-order valence-electron chi connectivity index (χ4n) is 1.71. The molecule has 0 heterocycles. The predicted molar refractivity (Wildman–Crippen MR) is 80.8 cm³/mol. The molecule has 0 saturated heterocycles. The number of hydrogen-bond donors (Lipinski definition) is 0. The number of ether oxygens (including phenoxy) is 2. The molecule has 0 N–H and O–H groups in total. The quantitative estimate of drug-likeness (QED) is 0.656. The summed E-state index contributed by atoms with van der Waals surface area (Å²) in [5.74, 6) is -0.180. The summed E-state index contributed by atoms with van der Waals surface area (Å²) >= 11 is 0. The van der Waals surface area contributed by atoms with Crippen LogP contribution in [0.4, 0.5) is 0 Å². The monoisotopic (exact) mass is 292 g/mol. The highest BCUT2D eigenvalue weighted by Gasteiger charge is 2.08. The molecule has 0 amide bonds. The van der Waals surface area contributed by atoms with Gasteiger partial charge >= 0.3 is 11.9 Å². The van der Waals surface area contributed by atoms with Crippen molar-refractivity contribution in [2.75, 3.05) is 13.2 Å². The average molecular weight is 292 g/mol. The largest absolute Gasteiger partial charge is 0.465 e. The van der Waals surface area contributed by atoms with Gasteiger partial charge in [-0.05, 0) is 17.9 Å². The van der Waals surface area contributed by atoms with Crippen molar-refractivity contribution < 1.29 is 19.1 Å². The maximum Gasteiger partial charge on any atom is 0.305 e. The minimum atomic E-state index is -0.261. The predicted octanol–water partition coefficient (Wildman–Crippen LogP) is 3.14. The Bertz CT molecular complexity index is 426. The Morgan fingerprint density at radius 1 is 1.00 bits per heavy atom. The molecule has 0 aliphatic carbocycles. The first-order chi connectivity index (χ1) is 10.1. The van der Waals surface area contributed by atoms with Crippen molar-refractivity contribution in [3.8, 4) is 0 Å². The summed E-state index contributed by atoms with van der Waals surface area (Å²) < 4.78 is 10.2. The molecule has 1 aromatic carbocycles. The summed E-state index contributed by atoms with van der Waals surface area (Å²) in [4.78, 5) is 22.9. The van der Waals surface area contributed by atoms with Crippen LogP contribution in [0.15, 0.2) is 30.3 Å². The highest BCUT2D eigenvalue weighted by molar-refractivity contribution is 5.72. The summed E-state index contributed by atoms with van der Waals surface area (Å²) in [6.07, 6.45) is 1.70. The van der Waals surface area contributed by atoms with Crippen LogP contribution in [-0.4, -0.2) is 25.2 Å². The van der Waals surface area contributed by atoms with Gasteiger partial charge in [-0.15, -0.1) is 0 Å². The Morgan fingerprint density at radius 3 is 2.24 bits per heavy atom. The zero-order valence-corrected chi connectivity index (χ0v) is 12.8. The van der Waals surface area contributed by atoms with Crippen molar-refractivity contribution in [3.05, 3.63) is 35.9 Å². The lowest BCUT2D eigenvalue weighted by molar-refractivity contribution is -0.146. The Hall–Kier alpha value is -1.84. The van der Waals surface area contributed by atoms with Crippen LogP contribution in [0, 0.1) is 5.92 Å². The molecule has 0 radical (unpaired) electrons. The third-order valence-electron chi connectivity index (χ3n) is 2.84. The first kappa shape index (κ1) is 17.2. The van der Waals surface area contributed by atoms with Crippen molar-refractivity contribution in [3.63, 3.8) is 0 Å². The van der Waals surface area contributed by atoms with E-state index in [1.54, 1.807) is 0 Å². The molecule has 0 unspecified atom stereocenters. The molecule has 4 nitrogen and oxygen atoms in total. The van der Waals surface area contributed by atoms with Gasteiger partial charge in [0.25, 0.3) is 0 Å². The second-order valence-electron chi connectivity index (χ2n) is 5.39. The van der Waals surface area contributed by atoms with Gasteiger partial charge in [-0.2, -0.15) is 0 Å². The molecule has 1 rings (SSSR count). The van der Waals surface area contributed by atoms with Gasteiger partial charge in [0.1, 0.15) is 0 Å². The molecule has 0 aliphatic heterocycles. The van der Waals surface area contributed by atoms with E-state index in [4.69, 9.17) is 9.47 Å². The molecule has 0 atom stereocenters. The lowest BCUT2D eigenvalue weighted by Crippen LogP contribution is -2.11. The number of benzene rings is 1. The van der Waals surface area contributed by atoms with Crippen molar-refractivity contribution in [1.29, 1.82) is 0 Å². The highest BCUT2D eigenvalue weighted by atomic mass is 16.5. The Balaban J connectivity index is 2.05. The van der Waals surface area contributed by atoms with Gasteiger partial charge in [0.2, 0.25) is 0 Å². The van der Waals surface area contributed by atoms with Gasteiger partial charge in [0.05, 0.1) is 13.2 Å². The van der Waals surface area contributed by atoms with Crippen LogP contribution in [-0.2, 0) is 25.5 Å². The summed E-state index contributed by atoms with van der Waals surface area (Å²) in [6.45, 7) is 4.77. The first-order valence-electron chi connectivity index (χ1n) is 7.43. The molecule has 116 valence electrons. The van der Waals surface area contributed by atoms with E-state index in [-0.39, 0.29) is 24.8 Å². The summed E-state index contributed by atoms with van der Waals surface area (Å²) in [6, 6.07) is 9.87. The Morgan fingerprint density at radius 2 is 1.62 bits per heavy atom. The Kier molecular flexibility index (Phi) is 8.17. The molecular formula is C17H24O4. The van der Waals surface area contributed by atoms with Gasteiger partial charge in [-0.3, -0.25) is 9.59 Å². The minimum Gasteiger partial charge on any atom is -0.465 e. The molecule has 0 aliphatic rings. The van der Waals surface area contributed by atoms with Gasteiger partial charge < -0.3 is 9.47 Å². The zero-order chi connectivity index (χ0) is 15.5. The SMILES string of the molecule is CC(C)COC(=O)CCCC(=O)OCCc1ccccc1. The Labute approximate surface area is 126 Å². The standard InChI is InChI=1S/C17H24O4/c1-14(2)13-21-17(19)10-6-9-16(18)20-12-11-15-7-4-3-5-8-15/h3-5,7-8,14H,6,9-13H2,1-2H3. The fourth-order valence-corrected chi connectivity index (χ4v) is 1.71. The molecule has 0 spiro atoms. The van der Waals surface area contributed by atoms with Gasteiger partial charge in [0, 0.05) is 19.3 Å². The molecule has 0 saturated carbocycles. The van der Waals surface area contributed by atoms with Crippen LogP contribution in [0.25, 0.3) is 0 Å². The number of carbonyl (C=O) groups excluding carboxylic acids is 2. The van der Waals surface area contributed by atoms with Gasteiger partial charge in [-0.25, -0.2) is 0 Å². The zero-order valence-electron chi connectivity index (χ0n) is 12.8. The van der Waals surface area contributed by atoms with Crippen LogP contribution in [0.5, 0.6) is 0 Å². The van der Waals surface area contributed by atoms with E-state index < -0.39 is 0 Å². The van der Waals surface area contributed by atoms with Gasteiger partial charge in [-0.1, -0.05) is 44.2 Å². The molecule has 0 fully saturated rings. The second kappa shape index (κ2) is 9.97. The van der Waals surface area contributed by atoms with Crippen LogP contribution >= 0.6 is 0 Å². The maximum atomic E-state index is 11.5. The van der Waals surface area contributed by atoms with E-state index in [1.807, 2.05) is 44.2 Å². The van der Waals surface area contributed by atoms with Crippen molar-refractivity contribution >= 4 is 11.9 Å². The number of hydrogen-bond acceptors (Lipinski definition) is 4. The van der Waals surface area contributed by atoms with E-state index in [0.717, 1.165) is 5.56 Å². The first-order valence-corrected chi connectivity index (χ1v) is 7.43. The lowest BCUT2D eigenvalue weighted by Gasteiger charge is -2.07. The molecule has 0 bridgehead atoms. The van der Waals surface area contributed by atoms with Crippen LogP contribution in [0.3, 0.4) is 0 Å². The topological polar surface area (TPSA) is 52.6 Å². The average Bonchev–Trinajstić information content (AvgIpc) is 2.46. The van der Waals surface area contributed by atoms with E-state index in [1.165, 1.54) is 0 Å². The number of rotatable bonds is 9. The molecule has 4 heteroatoms. The summed E-state index contributed by atoms with van der Waals surface area (Å²) in [7, 11) is 0. The fraction of sp³-hybridized carbons (Fsp3) is 0.529. The lowest BCUT2D eigenvalue weighted by atomic mass is 10.2. The third-order valence-corrected chi connectivity index (χ3v) is 2.84. The number of carbonyl (C=O) groups is 2. The van der Waals surface area contributed by atoms with E-state index in [9.17, 15) is 9.59 Å². The molecular weight excluding hydrogens is 268 g/mol. The normalized spacial score (nSPS) is 10.4. The molecule has 1 aromatic rings. The van der Waals surface area contributed by atoms with Gasteiger partial charge in [0.15, 0.2) is 0 Å².